The van der Waals surface area contributed by atoms with E-state index in [4.69, 9.17) is 5.11 Å². The van der Waals surface area contributed by atoms with Gasteiger partial charge in [0.2, 0.25) is 5.91 Å². The number of amides is 1. The fourth-order valence-corrected chi connectivity index (χ4v) is 2.01. The molecular weight excluding hydrogens is 216 g/mol. The highest BCUT2D eigenvalue weighted by atomic mass is 16.3. The average molecular weight is 234 g/mol. The van der Waals surface area contributed by atoms with Gasteiger partial charge in [0.05, 0.1) is 12.1 Å². The molecule has 1 aromatic carbocycles. The van der Waals surface area contributed by atoms with Gasteiger partial charge in [0.25, 0.3) is 0 Å². The molecule has 2 rings (SSSR count). The van der Waals surface area contributed by atoms with E-state index >= 15 is 0 Å². The third-order valence-electron chi connectivity index (χ3n) is 2.97. The maximum absolute atomic E-state index is 11.8. The highest BCUT2D eigenvalue weighted by molar-refractivity contribution is 5.82. The molecule has 1 amide bonds. The molecule has 3 N–H and O–H groups in total. The smallest absolute Gasteiger partial charge is 0.237 e. The lowest BCUT2D eigenvalue weighted by Crippen LogP contribution is -2.48. The van der Waals surface area contributed by atoms with E-state index in [1.54, 1.807) is 6.92 Å². The molecule has 92 valence electrons. The van der Waals surface area contributed by atoms with E-state index in [1.807, 2.05) is 12.1 Å². The highest BCUT2D eigenvalue weighted by Crippen LogP contribution is 2.16. The first kappa shape index (κ1) is 12.1. The van der Waals surface area contributed by atoms with Crippen molar-refractivity contribution in [2.24, 2.45) is 0 Å². The van der Waals surface area contributed by atoms with Crippen molar-refractivity contribution >= 4 is 5.91 Å². The molecule has 0 spiro atoms. The molecule has 1 heterocycles. The number of hydrogen-bond donors (Lipinski definition) is 3. The molecule has 0 fully saturated rings. The van der Waals surface area contributed by atoms with Crippen molar-refractivity contribution in [3.63, 3.8) is 0 Å². The summed E-state index contributed by atoms with van der Waals surface area (Å²) in [6, 6.07) is 7.95. The van der Waals surface area contributed by atoms with E-state index < -0.39 is 6.10 Å². The molecule has 0 radical (unpaired) electrons. The molecule has 0 aliphatic carbocycles. The number of rotatable bonds is 3. The summed E-state index contributed by atoms with van der Waals surface area (Å²) in [5.41, 5.74) is 2.48. The highest BCUT2D eigenvalue weighted by Gasteiger charge is 2.23. The van der Waals surface area contributed by atoms with Crippen LogP contribution in [0.5, 0.6) is 0 Å². The first-order chi connectivity index (χ1) is 8.16. The Morgan fingerprint density at radius 2 is 2.24 bits per heavy atom. The predicted octanol–water partition coefficient (Wildman–Crippen LogP) is 0.198. The van der Waals surface area contributed by atoms with Crippen molar-refractivity contribution < 1.29 is 9.90 Å². The van der Waals surface area contributed by atoms with Gasteiger partial charge in [-0.3, -0.25) is 4.79 Å². The van der Waals surface area contributed by atoms with Gasteiger partial charge in [-0.25, -0.2) is 0 Å². The van der Waals surface area contributed by atoms with E-state index in [0.717, 1.165) is 6.54 Å². The van der Waals surface area contributed by atoms with Crippen LogP contribution >= 0.6 is 0 Å². The normalized spacial score (nSPS) is 20.5. The van der Waals surface area contributed by atoms with Crippen molar-refractivity contribution in [3.8, 4) is 0 Å². The maximum Gasteiger partial charge on any atom is 0.237 e. The Morgan fingerprint density at radius 1 is 1.53 bits per heavy atom. The minimum absolute atomic E-state index is 0.0413. The van der Waals surface area contributed by atoms with Crippen molar-refractivity contribution in [2.45, 2.75) is 32.0 Å². The van der Waals surface area contributed by atoms with Gasteiger partial charge >= 0.3 is 0 Å². The Bertz CT molecular complexity index is 404. The second-order valence-electron chi connectivity index (χ2n) is 4.50. The number of benzene rings is 1. The van der Waals surface area contributed by atoms with Crippen LogP contribution in [-0.4, -0.2) is 29.7 Å². The third-order valence-corrected chi connectivity index (χ3v) is 2.97. The number of nitrogens with one attached hydrogen (secondary N) is 2. The molecule has 4 heteroatoms. The lowest BCUT2D eigenvalue weighted by atomic mass is 9.95. The first-order valence-corrected chi connectivity index (χ1v) is 5.93. The average Bonchev–Trinajstić information content (AvgIpc) is 2.35. The van der Waals surface area contributed by atoms with Crippen molar-refractivity contribution in [1.29, 1.82) is 0 Å². The van der Waals surface area contributed by atoms with E-state index in [1.165, 1.54) is 11.1 Å². The van der Waals surface area contributed by atoms with E-state index in [2.05, 4.69) is 22.8 Å². The van der Waals surface area contributed by atoms with Crippen LogP contribution in [0.25, 0.3) is 0 Å². The van der Waals surface area contributed by atoms with Crippen LogP contribution in [0.2, 0.25) is 0 Å². The Kier molecular flexibility index (Phi) is 3.76. The second kappa shape index (κ2) is 5.29. The van der Waals surface area contributed by atoms with Gasteiger partial charge in [-0.15, -0.1) is 0 Å². The number of aliphatic hydroxyl groups excluding tert-OH is 1. The second-order valence-corrected chi connectivity index (χ2v) is 4.50. The van der Waals surface area contributed by atoms with Gasteiger partial charge in [-0.05, 0) is 24.5 Å². The number of fused-ring (bicyclic) bond motifs is 1. The molecule has 1 unspecified atom stereocenters. The summed E-state index contributed by atoms with van der Waals surface area (Å²) in [5, 5.41) is 15.1. The van der Waals surface area contributed by atoms with E-state index in [-0.39, 0.29) is 11.9 Å². The zero-order chi connectivity index (χ0) is 12.3. The molecular formula is C13H18N2O2. The largest absolute Gasteiger partial charge is 0.392 e. The summed E-state index contributed by atoms with van der Waals surface area (Å²) < 4.78 is 0. The van der Waals surface area contributed by atoms with Crippen LogP contribution in [0.15, 0.2) is 24.3 Å². The predicted molar refractivity (Wildman–Crippen MR) is 65.5 cm³/mol. The number of aliphatic hydroxyl groups is 1. The molecule has 0 saturated carbocycles. The summed E-state index contributed by atoms with van der Waals surface area (Å²) in [4.78, 5) is 11.8. The molecule has 2 atom stereocenters. The SMILES string of the molecule is C[C@@H](O)CNC(=O)C1Cc2ccccc2CN1. The standard InChI is InChI=1S/C13H18N2O2/c1-9(16)7-15-13(17)12-6-10-4-2-3-5-11(10)8-14-12/h2-5,9,12,14,16H,6-8H2,1H3,(H,15,17)/t9-,12?/m1/s1. The van der Waals surface area contributed by atoms with E-state index in [9.17, 15) is 4.79 Å². The molecule has 0 bridgehead atoms. The van der Waals surface area contributed by atoms with Crippen LogP contribution in [0.4, 0.5) is 0 Å². The molecule has 0 saturated heterocycles. The summed E-state index contributed by atoms with van der Waals surface area (Å²) in [5.74, 6) is -0.0413. The topological polar surface area (TPSA) is 61.4 Å². The maximum atomic E-state index is 11.8. The van der Waals surface area contributed by atoms with Crippen LogP contribution in [0.1, 0.15) is 18.1 Å². The molecule has 4 nitrogen and oxygen atoms in total. The van der Waals surface area contributed by atoms with Crippen LogP contribution in [-0.2, 0) is 17.8 Å². The van der Waals surface area contributed by atoms with Gasteiger partial charge in [-0.2, -0.15) is 0 Å². The molecule has 1 aliphatic rings. The molecule has 1 aromatic rings. The van der Waals surface area contributed by atoms with Gasteiger partial charge < -0.3 is 15.7 Å². The van der Waals surface area contributed by atoms with Crippen molar-refractivity contribution in [1.82, 2.24) is 10.6 Å². The number of carbonyl (C=O) groups is 1. The fourth-order valence-electron chi connectivity index (χ4n) is 2.01. The Balaban J connectivity index is 1.95. The third kappa shape index (κ3) is 3.05. The van der Waals surface area contributed by atoms with E-state index in [0.29, 0.717) is 13.0 Å². The molecule has 17 heavy (non-hydrogen) atoms. The summed E-state index contributed by atoms with van der Waals surface area (Å²) in [6.07, 6.45) is 0.205. The first-order valence-electron chi connectivity index (χ1n) is 5.93. The quantitative estimate of drug-likeness (QED) is 0.700. The van der Waals surface area contributed by atoms with Crippen LogP contribution in [0.3, 0.4) is 0 Å². The van der Waals surface area contributed by atoms with Crippen molar-refractivity contribution in [2.75, 3.05) is 6.54 Å². The molecule has 0 aromatic heterocycles. The van der Waals surface area contributed by atoms with Gasteiger partial charge in [0.15, 0.2) is 0 Å². The summed E-state index contributed by atoms with van der Waals surface area (Å²) in [7, 11) is 0. The number of hydrogen-bond acceptors (Lipinski definition) is 3. The lowest BCUT2D eigenvalue weighted by molar-refractivity contribution is -0.123. The zero-order valence-electron chi connectivity index (χ0n) is 9.94. The Labute approximate surface area is 101 Å². The van der Waals surface area contributed by atoms with Crippen LogP contribution < -0.4 is 10.6 Å². The molecule has 1 aliphatic heterocycles. The van der Waals surface area contributed by atoms with Gasteiger partial charge in [0, 0.05) is 13.1 Å². The van der Waals surface area contributed by atoms with Gasteiger partial charge in [0.1, 0.15) is 0 Å². The van der Waals surface area contributed by atoms with Gasteiger partial charge in [-0.1, -0.05) is 24.3 Å². The lowest BCUT2D eigenvalue weighted by Gasteiger charge is -2.25. The van der Waals surface area contributed by atoms with Crippen LogP contribution in [0, 0.1) is 0 Å². The Morgan fingerprint density at radius 3 is 2.94 bits per heavy atom. The summed E-state index contributed by atoms with van der Waals surface area (Å²) >= 11 is 0. The minimum Gasteiger partial charge on any atom is -0.392 e. The van der Waals surface area contributed by atoms with Crippen molar-refractivity contribution in [3.05, 3.63) is 35.4 Å². The fraction of sp³-hybridized carbons (Fsp3) is 0.462. The zero-order valence-corrected chi connectivity index (χ0v) is 9.94. The summed E-state index contributed by atoms with van der Waals surface area (Å²) in [6.45, 7) is 2.69. The Hall–Kier alpha value is -1.39. The monoisotopic (exact) mass is 234 g/mol. The number of carbonyl (C=O) groups excluding carboxylic acids is 1. The minimum atomic E-state index is -0.505.